The van der Waals surface area contributed by atoms with Crippen LogP contribution in [-0.4, -0.2) is 41.4 Å². The van der Waals surface area contributed by atoms with Crippen molar-refractivity contribution in [2.24, 2.45) is 0 Å². The number of nitro groups is 1. The SMILES string of the molecule is COc1ccc(-n2c(C)cc([C@H]3[C@@H](c4ccccn4)NC(=S)N3c3ccc(NS(C)(=O)=O)cc3)c2C)c([N+](=O)[O-])c1. The highest BCUT2D eigenvalue weighted by Crippen LogP contribution is 2.44. The van der Waals surface area contributed by atoms with Crippen LogP contribution < -0.4 is 19.7 Å². The average Bonchev–Trinajstić information content (AvgIpc) is 3.43. The predicted molar refractivity (Wildman–Crippen MR) is 161 cm³/mol. The highest BCUT2D eigenvalue weighted by molar-refractivity contribution is 7.92. The molecule has 11 nitrogen and oxygen atoms in total. The molecule has 0 unspecified atom stereocenters. The van der Waals surface area contributed by atoms with Gasteiger partial charge in [-0.25, -0.2) is 8.42 Å². The number of rotatable bonds is 8. The van der Waals surface area contributed by atoms with E-state index in [0.717, 1.165) is 34.6 Å². The van der Waals surface area contributed by atoms with E-state index >= 15 is 0 Å². The number of nitrogens with one attached hydrogen (secondary N) is 2. The summed E-state index contributed by atoms with van der Waals surface area (Å²) in [6, 6.07) is 18.7. The van der Waals surface area contributed by atoms with E-state index in [2.05, 4.69) is 15.0 Å². The molecule has 0 spiro atoms. The van der Waals surface area contributed by atoms with Crippen molar-refractivity contribution in [1.82, 2.24) is 14.9 Å². The van der Waals surface area contributed by atoms with Gasteiger partial charge in [0.2, 0.25) is 10.0 Å². The van der Waals surface area contributed by atoms with Crippen LogP contribution in [0.2, 0.25) is 0 Å². The summed E-state index contributed by atoms with van der Waals surface area (Å²) in [6.07, 6.45) is 2.81. The zero-order chi connectivity index (χ0) is 29.5. The third-order valence-corrected chi connectivity index (χ3v) is 7.88. The van der Waals surface area contributed by atoms with Crippen LogP contribution in [0, 0.1) is 24.0 Å². The Hall–Kier alpha value is -4.49. The summed E-state index contributed by atoms with van der Waals surface area (Å²) >= 11 is 5.82. The zero-order valence-corrected chi connectivity index (χ0v) is 24.4. The average molecular weight is 593 g/mol. The molecular formula is C28H28N6O5S2. The van der Waals surface area contributed by atoms with Crippen LogP contribution in [0.1, 0.15) is 34.7 Å². The molecule has 0 amide bonds. The largest absolute Gasteiger partial charge is 0.496 e. The Bertz CT molecular complexity index is 1740. The molecule has 1 fully saturated rings. The maximum Gasteiger partial charge on any atom is 0.296 e. The normalized spacial score (nSPS) is 16.9. The molecule has 1 aliphatic heterocycles. The quantitative estimate of drug-likeness (QED) is 0.166. The van der Waals surface area contributed by atoms with Crippen LogP contribution in [0.5, 0.6) is 5.75 Å². The number of ether oxygens (including phenoxy) is 1. The van der Waals surface area contributed by atoms with Gasteiger partial charge in [-0.15, -0.1) is 0 Å². The second-order valence-electron chi connectivity index (χ2n) is 9.69. The van der Waals surface area contributed by atoms with Gasteiger partial charge >= 0.3 is 0 Å². The maximum atomic E-state index is 12.0. The number of nitrogens with zero attached hydrogens (tertiary/aromatic N) is 4. The minimum atomic E-state index is -3.44. The molecule has 0 saturated carbocycles. The summed E-state index contributed by atoms with van der Waals surface area (Å²) in [5.41, 5.74) is 4.78. The first kappa shape index (κ1) is 28.1. The van der Waals surface area contributed by atoms with Gasteiger partial charge < -0.3 is 19.5 Å². The Morgan fingerprint density at radius 3 is 2.44 bits per heavy atom. The Balaban J connectivity index is 1.66. The third-order valence-electron chi connectivity index (χ3n) is 6.96. The highest BCUT2D eigenvalue weighted by atomic mass is 32.2. The summed E-state index contributed by atoms with van der Waals surface area (Å²) in [4.78, 5) is 18.2. The third kappa shape index (κ3) is 5.45. The number of benzene rings is 2. The number of methoxy groups -OCH3 is 1. The Morgan fingerprint density at radius 1 is 1.10 bits per heavy atom. The minimum absolute atomic E-state index is 0.0788. The van der Waals surface area contributed by atoms with Crippen molar-refractivity contribution < 1.29 is 18.1 Å². The second-order valence-corrected chi connectivity index (χ2v) is 11.8. The molecule has 4 aromatic rings. The van der Waals surface area contributed by atoms with Gasteiger partial charge in [0.1, 0.15) is 11.4 Å². The van der Waals surface area contributed by atoms with Crippen molar-refractivity contribution >= 4 is 44.4 Å². The number of hydrogen-bond acceptors (Lipinski definition) is 7. The Morgan fingerprint density at radius 2 is 1.83 bits per heavy atom. The molecule has 41 heavy (non-hydrogen) atoms. The molecular weight excluding hydrogens is 564 g/mol. The van der Waals surface area contributed by atoms with Gasteiger partial charge in [0.05, 0.1) is 42.1 Å². The summed E-state index contributed by atoms with van der Waals surface area (Å²) in [5.74, 6) is 0.392. The molecule has 5 rings (SSSR count). The topological polar surface area (TPSA) is 132 Å². The van der Waals surface area contributed by atoms with Gasteiger partial charge in [0.15, 0.2) is 5.11 Å². The number of thiocarbonyl (C=S) groups is 1. The van der Waals surface area contributed by atoms with Crippen LogP contribution in [-0.2, 0) is 10.0 Å². The monoisotopic (exact) mass is 592 g/mol. The van der Waals surface area contributed by atoms with E-state index in [1.165, 1.54) is 13.2 Å². The molecule has 3 heterocycles. The fraction of sp³-hybridized carbons (Fsp3) is 0.214. The number of aryl methyl sites for hydroxylation is 1. The van der Waals surface area contributed by atoms with Crippen LogP contribution in [0.4, 0.5) is 17.1 Å². The Kier molecular flexibility index (Phi) is 7.41. The van der Waals surface area contributed by atoms with E-state index in [-0.39, 0.29) is 17.8 Å². The van der Waals surface area contributed by atoms with Crippen molar-refractivity contribution in [3.8, 4) is 11.4 Å². The number of sulfonamides is 1. The van der Waals surface area contributed by atoms with E-state index in [4.69, 9.17) is 17.0 Å². The first-order valence-corrected chi connectivity index (χ1v) is 14.9. The van der Waals surface area contributed by atoms with E-state index in [9.17, 15) is 18.5 Å². The van der Waals surface area contributed by atoms with E-state index in [1.807, 2.05) is 47.6 Å². The number of nitro benzene ring substituents is 1. The smallest absolute Gasteiger partial charge is 0.296 e. The summed E-state index contributed by atoms with van der Waals surface area (Å²) in [7, 11) is -1.97. The van der Waals surface area contributed by atoms with Crippen LogP contribution >= 0.6 is 12.2 Å². The van der Waals surface area contributed by atoms with Crippen molar-refractivity contribution in [3.05, 3.63) is 106 Å². The molecule has 0 aliphatic carbocycles. The number of pyridine rings is 1. The van der Waals surface area contributed by atoms with E-state index in [0.29, 0.717) is 22.2 Å². The lowest BCUT2D eigenvalue weighted by atomic mass is 9.96. The molecule has 2 N–H and O–H groups in total. The van der Waals surface area contributed by atoms with Crippen LogP contribution in [0.3, 0.4) is 0 Å². The van der Waals surface area contributed by atoms with Gasteiger partial charge in [0, 0.05) is 29.0 Å². The number of hydrogen-bond donors (Lipinski definition) is 2. The summed E-state index contributed by atoms with van der Waals surface area (Å²) in [6.45, 7) is 3.82. The predicted octanol–water partition coefficient (Wildman–Crippen LogP) is 4.95. The van der Waals surface area contributed by atoms with Crippen molar-refractivity contribution in [1.29, 1.82) is 0 Å². The molecule has 2 aromatic carbocycles. The molecule has 13 heteroatoms. The molecule has 2 atom stereocenters. The lowest BCUT2D eigenvalue weighted by Gasteiger charge is -2.28. The lowest BCUT2D eigenvalue weighted by molar-refractivity contribution is -0.384. The molecule has 0 bridgehead atoms. The van der Waals surface area contributed by atoms with Crippen LogP contribution in [0.25, 0.3) is 5.69 Å². The maximum absolute atomic E-state index is 12.0. The minimum Gasteiger partial charge on any atom is -0.496 e. The van der Waals surface area contributed by atoms with Gasteiger partial charge in [-0.05, 0) is 86.2 Å². The van der Waals surface area contributed by atoms with Gasteiger partial charge in [0.25, 0.3) is 5.69 Å². The first-order valence-electron chi connectivity index (χ1n) is 12.6. The molecule has 0 radical (unpaired) electrons. The summed E-state index contributed by atoms with van der Waals surface area (Å²) in [5, 5.41) is 15.9. The van der Waals surface area contributed by atoms with E-state index < -0.39 is 14.9 Å². The van der Waals surface area contributed by atoms with Crippen molar-refractivity contribution in [3.63, 3.8) is 0 Å². The van der Waals surface area contributed by atoms with Crippen molar-refractivity contribution in [2.45, 2.75) is 25.9 Å². The molecule has 1 saturated heterocycles. The van der Waals surface area contributed by atoms with Gasteiger partial charge in [-0.2, -0.15) is 0 Å². The molecule has 2 aromatic heterocycles. The van der Waals surface area contributed by atoms with Gasteiger partial charge in [-0.3, -0.25) is 19.8 Å². The lowest BCUT2D eigenvalue weighted by Crippen LogP contribution is -2.29. The standard InChI is InChI=1S/C28H28N6O5S2/c1-17-15-22(18(2)32(17)24-13-12-21(39-3)16-25(24)34(35)36)27-26(23-7-5-6-14-29-23)30-28(40)33(27)20-10-8-19(9-11-20)31-41(4,37)38/h5-16,26-27,31H,1-4H3,(H,30,40)/t26-,27+/m1/s1. The van der Waals surface area contributed by atoms with E-state index in [1.54, 1.807) is 42.6 Å². The van der Waals surface area contributed by atoms with Gasteiger partial charge in [-0.1, -0.05) is 6.07 Å². The number of anilines is 2. The Labute approximate surface area is 243 Å². The van der Waals surface area contributed by atoms with Crippen LogP contribution in [0.15, 0.2) is 72.9 Å². The number of aromatic nitrogens is 2. The highest BCUT2D eigenvalue weighted by Gasteiger charge is 2.42. The summed E-state index contributed by atoms with van der Waals surface area (Å²) < 4.78 is 33.0. The second kappa shape index (κ2) is 10.8. The molecule has 212 valence electrons. The fourth-order valence-corrected chi connectivity index (χ4v) is 6.19. The first-order chi connectivity index (χ1) is 19.5. The fourth-order valence-electron chi connectivity index (χ4n) is 5.28. The molecule has 1 aliphatic rings. The van der Waals surface area contributed by atoms with Crippen molar-refractivity contribution in [2.75, 3.05) is 23.0 Å². The zero-order valence-electron chi connectivity index (χ0n) is 22.7.